The molecule has 0 aliphatic carbocycles. The van der Waals surface area contributed by atoms with Crippen LogP contribution in [0.4, 0.5) is 10.5 Å². The molecule has 290 valence electrons. The molecule has 1 fully saturated rings. The van der Waals surface area contributed by atoms with Gasteiger partial charge in [0.05, 0.1) is 4.92 Å². The Kier molecular flexibility index (Phi) is 13.4. The maximum absolute atomic E-state index is 14.7. The van der Waals surface area contributed by atoms with Gasteiger partial charge in [0, 0.05) is 19.0 Å². The Bertz CT molecular complexity index is 2080. The summed E-state index contributed by atoms with van der Waals surface area (Å²) in [6.45, 7) is -0.822. The van der Waals surface area contributed by atoms with Crippen molar-refractivity contribution in [3.8, 4) is 0 Å². The highest BCUT2D eigenvalue weighted by molar-refractivity contribution is 8.14. The van der Waals surface area contributed by atoms with E-state index in [9.17, 15) is 44.0 Å². The first-order valence-corrected chi connectivity index (χ1v) is 19.8. The molecule has 0 bridgehead atoms. The van der Waals surface area contributed by atoms with Crippen LogP contribution in [0.25, 0.3) is 0 Å². The zero-order valence-electron chi connectivity index (χ0n) is 30.4. The fourth-order valence-electron chi connectivity index (χ4n) is 6.13. The molecule has 1 N–H and O–H groups in total. The zero-order valence-corrected chi connectivity index (χ0v) is 32.1. The second kappa shape index (κ2) is 18.2. The van der Waals surface area contributed by atoms with Crippen molar-refractivity contribution in [2.75, 3.05) is 6.61 Å². The van der Waals surface area contributed by atoms with Crippen molar-refractivity contribution in [2.45, 2.75) is 45.0 Å². The van der Waals surface area contributed by atoms with Gasteiger partial charge in [-0.2, -0.15) is 0 Å². The van der Waals surface area contributed by atoms with Gasteiger partial charge in [0.1, 0.15) is 36.0 Å². The van der Waals surface area contributed by atoms with Gasteiger partial charge in [0.2, 0.25) is 11.0 Å². The lowest BCUT2D eigenvalue weighted by molar-refractivity contribution is -0.384. The van der Waals surface area contributed by atoms with Crippen LogP contribution in [-0.4, -0.2) is 79.2 Å². The van der Waals surface area contributed by atoms with Crippen LogP contribution >= 0.6 is 18.6 Å². The van der Waals surface area contributed by atoms with Gasteiger partial charge < -0.3 is 19.3 Å². The van der Waals surface area contributed by atoms with Gasteiger partial charge in [0.25, 0.3) is 5.69 Å². The van der Waals surface area contributed by atoms with E-state index in [0.29, 0.717) is 33.2 Å². The van der Waals surface area contributed by atoms with Gasteiger partial charge in [-0.15, -0.1) is 0 Å². The third-order valence-electron chi connectivity index (χ3n) is 8.79. The lowest BCUT2D eigenvalue weighted by Crippen LogP contribution is -2.67. The predicted molar refractivity (Wildman–Crippen MR) is 209 cm³/mol. The lowest BCUT2D eigenvalue weighted by Gasteiger charge is -2.50. The number of hydrogen-bond donors (Lipinski definition) is 1. The van der Waals surface area contributed by atoms with Crippen molar-refractivity contribution in [3.05, 3.63) is 131 Å². The Labute approximate surface area is 325 Å². The number of esters is 1. The summed E-state index contributed by atoms with van der Waals surface area (Å²) in [7, 11) is 0. The number of likely N-dealkylation sites (tertiary alicyclic amines) is 1. The molecule has 4 aromatic carbocycles. The normalized spacial score (nSPS) is 16.1. The Balaban J connectivity index is 1.67. The highest BCUT2D eigenvalue weighted by atomic mass is 32.2. The second-order valence-corrected chi connectivity index (χ2v) is 17.1. The molecular formula is C40H37N2O12PS. The van der Waals surface area contributed by atoms with E-state index in [4.69, 9.17) is 14.2 Å². The van der Waals surface area contributed by atoms with Gasteiger partial charge in [-0.25, -0.2) is 9.59 Å². The van der Waals surface area contributed by atoms with Crippen molar-refractivity contribution in [1.29, 1.82) is 0 Å². The molecule has 16 heteroatoms. The number of non-ortho nitro benzene ring substituents is 1. The fourth-order valence-corrected chi connectivity index (χ4v) is 11.9. The number of β-lactam (4-membered cyclic amide) rings is 1. The summed E-state index contributed by atoms with van der Waals surface area (Å²) in [5, 5.41) is 21.0. The Hall–Kier alpha value is -5.89. The van der Waals surface area contributed by atoms with Crippen LogP contribution in [0.15, 0.2) is 115 Å². The summed E-state index contributed by atoms with van der Waals surface area (Å²) in [6.07, 6.45) is -4.58. The first kappa shape index (κ1) is 41.3. The Morgan fingerprint density at radius 3 is 1.77 bits per heavy atom. The molecule has 1 amide bonds. The number of hydrogen-bond acceptors (Lipinski definition) is 13. The van der Waals surface area contributed by atoms with Gasteiger partial charge >= 0.3 is 12.1 Å². The van der Waals surface area contributed by atoms with Crippen LogP contribution < -0.4 is 15.9 Å². The summed E-state index contributed by atoms with van der Waals surface area (Å²) < 4.78 is 16.3. The van der Waals surface area contributed by atoms with Crippen molar-refractivity contribution in [2.24, 2.45) is 5.92 Å². The number of aliphatic hydroxyl groups excluding tert-OH is 1. The summed E-state index contributed by atoms with van der Waals surface area (Å²) in [5.41, 5.74) is 0.0551. The quantitative estimate of drug-likeness (QED) is 0.0455. The van der Waals surface area contributed by atoms with Gasteiger partial charge in [-0.05, 0) is 54.4 Å². The standard InChI is InChI=1S/C40H37N2O12PS/c1-25(43)23-52-38(47)36(55(30-13-7-4-8-14-30,31-15-9-5-10-16-31)32-17-11-6-12-18-32)41-35(46)33(37(41)56-39(48)34(45)26(2)44)27(3)54-40(49)53-24-28-19-21-29(22-20-28)42(50)51/h4-22,27,33-34,37,45H,23-24H2,1-3H3/t27?,33?,34?,37-/m1/s1. The summed E-state index contributed by atoms with van der Waals surface area (Å²) in [6, 6.07) is 32.0. The number of carbonyl (C=O) groups excluding carboxylic acids is 6. The first-order valence-electron chi connectivity index (χ1n) is 17.2. The zero-order chi connectivity index (χ0) is 40.6. The van der Waals surface area contributed by atoms with Gasteiger partial charge in [-0.3, -0.25) is 34.2 Å². The number of rotatable bonds is 15. The van der Waals surface area contributed by atoms with Crippen molar-refractivity contribution in [3.63, 3.8) is 0 Å². The number of nitro benzene ring substituents is 1. The van der Waals surface area contributed by atoms with E-state index < -0.39 is 76.6 Å². The Morgan fingerprint density at radius 1 is 0.821 bits per heavy atom. The smallest absolute Gasteiger partial charge is 0.453 e. The SMILES string of the molecule is CC(=O)COC(=O)C(N1C(=O)C(C(C)OC(=O)OCc2ccc([N+](=O)[O-])cc2)[C@H]1SC(=O)C(O)C(C)=O)=P(c1ccccc1)(c1ccccc1)c1ccccc1. The van der Waals surface area contributed by atoms with Crippen molar-refractivity contribution >= 4 is 80.4 Å². The van der Waals surface area contributed by atoms with Crippen LogP contribution in [0.5, 0.6) is 0 Å². The third-order valence-corrected chi connectivity index (χ3v) is 14.2. The number of nitrogens with zero attached hydrogens (tertiary/aromatic N) is 2. The van der Waals surface area contributed by atoms with E-state index >= 15 is 0 Å². The molecule has 1 saturated heterocycles. The Morgan fingerprint density at radius 2 is 1.32 bits per heavy atom. The average molecular weight is 801 g/mol. The lowest BCUT2D eigenvalue weighted by atomic mass is 9.92. The summed E-state index contributed by atoms with van der Waals surface area (Å²) in [4.78, 5) is 91.5. The second-order valence-electron chi connectivity index (χ2n) is 12.6. The average Bonchev–Trinajstić information content (AvgIpc) is 3.19. The van der Waals surface area contributed by atoms with Crippen LogP contribution in [0.2, 0.25) is 0 Å². The monoisotopic (exact) mass is 800 g/mol. The molecule has 0 spiro atoms. The maximum Gasteiger partial charge on any atom is 0.508 e. The van der Waals surface area contributed by atoms with Crippen LogP contribution in [0, 0.1) is 16.0 Å². The minimum atomic E-state index is -3.49. The molecule has 0 saturated carbocycles. The van der Waals surface area contributed by atoms with Crippen molar-refractivity contribution in [1.82, 2.24) is 4.90 Å². The molecule has 0 radical (unpaired) electrons. The van der Waals surface area contributed by atoms with Gasteiger partial charge in [0.15, 0.2) is 17.7 Å². The highest BCUT2D eigenvalue weighted by Gasteiger charge is 2.58. The topological polar surface area (TPSA) is 197 Å². The molecule has 0 aromatic heterocycles. The number of ether oxygens (including phenoxy) is 3. The molecule has 3 unspecified atom stereocenters. The molecule has 5 rings (SSSR count). The van der Waals surface area contributed by atoms with Crippen LogP contribution in [0.3, 0.4) is 0 Å². The molecule has 1 aliphatic rings. The molecule has 14 nitrogen and oxygen atoms in total. The minimum absolute atomic E-state index is 0.161. The number of carbonyl (C=O) groups is 6. The van der Waals surface area contributed by atoms with E-state index in [2.05, 4.69) is 0 Å². The van der Waals surface area contributed by atoms with Crippen LogP contribution in [0.1, 0.15) is 26.3 Å². The molecule has 1 heterocycles. The number of benzene rings is 4. The summed E-state index contributed by atoms with van der Waals surface area (Å²) >= 11 is 0.414. The summed E-state index contributed by atoms with van der Waals surface area (Å²) in [5.74, 6) is -4.45. The molecule has 1 aliphatic heterocycles. The maximum atomic E-state index is 14.7. The fraction of sp³-hybridized carbons (Fsp3) is 0.225. The number of amides is 1. The van der Waals surface area contributed by atoms with Gasteiger partial charge in [-0.1, -0.05) is 103 Å². The number of ketones is 2. The highest BCUT2D eigenvalue weighted by Crippen LogP contribution is 2.51. The number of thioether (sulfide) groups is 1. The van der Waals surface area contributed by atoms with Crippen LogP contribution in [-0.2, 0) is 44.8 Å². The van der Waals surface area contributed by atoms with E-state index in [1.807, 2.05) is 0 Å². The first-order chi connectivity index (χ1) is 26.8. The largest absolute Gasteiger partial charge is 0.508 e. The third kappa shape index (κ3) is 8.81. The molecule has 4 atom stereocenters. The molecule has 4 aromatic rings. The van der Waals surface area contributed by atoms with E-state index in [1.165, 1.54) is 38.1 Å². The molecular weight excluding hydrogens is 763 g/mol. The number of aliphatic hydroxyl groups is 1. The van der Waals surface area contributed by atoms with E-state index in [1.54, 1.807) is 91.0 Å². The van der Waals surface area contributed by atoms with Crippen molar-refractivity contribution < 1.29 is 53.0 Å². The molecule has 56 heavy (non-hydrogen) atoms. The predicted octanol–water partition coefficient (Wildman–Crippen LogP) is 3.89. The number of nitro groups is 1. The van der Waals surface area contributed by atoms with E-state index in [-0.39, 0.29) is 17.7 Å². The van der Waals surface area contributed by atoms with E-state index in [0.717, 1.165) is 11.8 Å². The minimum Gasteiger partial charge on any atom is -0.453 e. The number of Topliss-reactive ketones (excluding diaryl/α,β-unsaturated/α-hetero) is 2.